The quantitative estimate of drug-likeness (QED) is 0.293. The summed E-state index contributed by atoms with van der Waals surface area (Å²) < 4.78 is 6.23. The maximum atomic E-state index is 13.6. The standard InChI is InChI=1S/C26H25Cl2N5O5/c1-26(36,15-34)38-33-23-16(13-19(24(33)35)22-20(27)3-2-4-21(22)28)14-29-25(31-23)30-17-5-7-18(8-6-17)32-9-11-37-12-10-32/h2-8,13-14,34,36H,9-12,15H2,1H3,(H,29,30,31)/t26-/m0/s1. The lowest BCUT2D eigenvalue weighted by Crippen LogP contribution is -2.45. The van der Waals surface area contributed by atoms with Crippen LogP contribution >= 0.6 is 23.2 Å². The van der Waals surface area contributed by atoms with E-state index in [0.29, 0.717) is 24.2 Å². The Balaban J connectivity index is 1.55. The highest BCUT2D eigenvalue weighted by Crippen LogP contribution is 2.34. The normalized spacial score (nSPS) is 15.3. The zero-order valence-electron chi connectivity index (χ0n) is 20.4. The molecular formula is C26H25Cl2N5O5. The molecule has 10 nitrogen and oxygen atoms in total. The molecule has 2 aromatic heterocycles. The van der Waals surface area contributed by atoms with E-state index in [2.05, 4.69) is 20.2 Å². The van der Waals surface area contributed by atoms with Gasteiger partial charge in [-0.1, -0.05) is 29.3 Å². The van der Waals surface area contributed by atoms with Crippen LogP contribution in [-0.2, 0) is 4.74 Å². The molecule has 1 fully saturated rings. The highest BCUT2D eigenvalue weighted by molar-refractivity contribution is 6.39. The second kappa shape index (κ2) is 10.8. The molecule has 12 heteroatoms. The van der Waals surface area contributed by atoms with Crippen LogP contribution < -0.4 is 20.6 Å². The summed E-state index contributed by atoms with van der Waals surface area (Å²) in [4.78, 5) is 30.2. The van der Waals surface area contributed by atoms with Crippen molar-refractivity contribution >= 4 is 51.6 Å². The minimum Gasteiger partial charge on any atom is -0.389 e. The smallest absolute Gasteiger partial charge is 0.293 e. The fraction of sp³-hybridized carbons (Fsp3) is 0.269. The number of pyridine rings is 1. The number of ether oxygens (including phenoxy) is 1. The molecule has 4 aromatic rings. The summed E-state index contributed by atoms with van der Waals surface area (Å²) in [6.45, 7) is 3.50. The molecule has 3 heterocycles. The van der Waals surface area contributed by atoms with Gasteiger partial charge in [-0.05, 0) is 42.5 Å². The van der Waals surface area contributed by atoms with Gasteiger partial charge in [-0.3, -0.25) is 4.79 Å². The van der Waals surface area contributed by atoms with Crippen molar-refractivity contribution in [2.75, 3.05) is 43.1 Å². The molecule has 198 valence electrons. The number of nitrogens with zero attached hydrogens (tertiary/aromatic N) is 4. The van der Waals surface area contributed by atoms with Crippen molar-refractivity contribution in [2.24, 2.45) is 0 Å². The van der Waals surface area contributed by atoms with Gasteiger partial charge < -0.3 is 30.0 Å². The highest BCUT2D eigenvalue weighted by Gasteiger charge is 2.26. The number of benzene rings is 2. The monoisotopic (exact) mass is 557 g/mol. The van der Waals surface area contributed by atoms with Gasteiger partial charge in [0.1, 0.15) is 6.61 Å². The van der Waals surface area contributed by atoms with E-state index in [1.165, 1.54) is 13.1 Å². The van der Waals surface area contributed by atoms with Crippen LogP contribution in [0.25, 0.3) is 22.2 Å². The summed E-state index contributed by atoms with van der Waals surface area (Å²) in [6, 6.07) is 14.2. The van der Waals surface area contributed by atoms with E-state index in [1.54, 1.807) is 24.3 Å². The van der Waals surface area contributed by atoms with Crippen molar-refractivity contribution in [3.05, 3.63) is 75.1 Å². The van der Waals surface area contributed by atoms with Crippen molar-refractivity contribution in [1.82, 2.24) is 14.7 Å². The van der Waals surface area contributed by atoms with Crippen LogP contribution in [0.5, 0.6) is 0 Å². The number of aliphatic hydroxyl groups excluding tert-OH is 1. The number of fused-ring (bicyclic) bond motifs is 1. The van der Waals surface area contributed by atoms with Crippen molar-refractivity contribution in [3.8, 4) is 11.1 Å². The third-order valence-electron chi connectivity index (χ3n) is 6.02. The van der Waals surface area contributed by atoms with Gasteiger partial charge in [0.2, 0.25) is 5.95 Å². The molecule has 5 rings (SSSR count). The predicted molar refractivity (Wildman–Crippen MR) is 146 cm³/mol. The number of anilines is 3. The summed E-state index contributed by atoms with van der Waals surface area (Å²) >= 11 is 12.7. The SMILES string of the molecule is C[C@@](O)(CO)On1c(=O)c(-c2c(Cl)cccc2Cl)cc2cnc(Nc3ccc(N4CCOCC4)cc3)nc21. The van der Waals surface area contributed by atoms with E-state index >= 15 is 0 Å². The number of aromatic nitrogens is 3. The van der Waals surface area contributed by atoms with E-state index in [9.17, 15) is 15.0 Å². The van der Waals surface area contributed by atoms with Crippen LogP contribution in [0.3, 0.4) is 0 Å². The van der Waals surface area contributed by atoms with Gasteiger partial charge in [0.05, 0.1) is 28.8 Å². The number of rotatable bonds is 7. The molecule has 38 heavy (non-hydrogen) atoms. The van der Waals surface area contributed by atoms with Crippen LogP contribution in [-0.4, -0.2) is 63.6 Å². The molecule has 3 N–H and O–H groups in total. The third kappa shape index (κ3) is 5.40. The Labute approximate surface area is 227 Å². The number of hydrogen-bond acceptors (Lipinski definition) is 9. The lowest BCUT2D eigenvalue weighted by Gasteiger charge is -2.28. The fourth-order valence-electron chi connectivity index (χ4n) is 4.08. The van der Waals surface area contributed by atoms with Crippen LogP contribution in [0.1, 0.15) is 6.92 Å². The molecule has 0 amide bonds. The molecule has 0 radical (unpaired) electrons. The Morgan fingerprint density at radius 1 is 1.13 bits per heavy atom. The number of hydrogen-bond donors (Lipinski definition) is 3. The van der Waals surface area contributed by atoms with Gasteiger partial charge >= 0.3 is 0 Å². The minimum absolute atomic E-state index is 0.0677. The van der Waals surface area contributed by atoms with Crippen molar-refractivity contribution in [3.63, 3.8) is 0 Å². The highest BCUT2D eigenvalue weighted by atomic mass is 35.5. The Morgan fingerprint density at radius 3 is 2.47 bits per heavy atom. The number of halogens is 2. The first kappa shape index (κ1) is 26.2. The topological polar surface area (TPSA) is 122 Å². The summed E-state index contributed by atoms with van der Waals surface area (Å²) in [5, 5.41) is 24.0. The van der Waals surface area contributed by atoms with E-state index < -0.39 is 18.0 Å². The molecule has 0 bridgehead atoms. The summed E-state index contributed by atoms with van der Waals surface area (Å²) in [7, 11) is 0. The average molecular weight is 558 g/mol. The number of aliphatic hydroxyl groups is 2. The lowest BCUT2D eigenvalue weighted by atomic mass is 10.1. The van der Waals surface area contributed by atoms with Crippen molar-refractivity contribution in [2.45, 2.75) is 12.7 Å². The van der Waals surface area contributed by atoms with Crippen LogP contribution in [0.2, 0.25) is 10.0 Å². The lowest BCUT2D eigenvalue weighted by molar-refractivity contribution is -0.211. The minimum atomic E-state index is -2.08. The van der Waals surface area contributed by atoms with Gasteiger partial charge in [0.25, 0.3) is 11.3 Å². The molecule has 0 unspecified atom stereocenters. The molecule has 1 saturated heterocycles. The van der Waals surface area contributed by atoms with Crippen LogP contribution in [0.4, 0.5) is 17.3 Å². The first-order valence-electron chi connectivity index (χ1n) is 11.9. The average Bonchev–Trinajstić information content (AvgIpc) is 2.92. The summed E-state index contributed by atoms with van der Waals surface area (Å²) in [5.74, 6) is -1.88. The van der Waals surface area contributed by atoms with Gasteiger partial charge in [0, 0.05) is 48.5 Å². The Kier molecular flexibility index (Phi) is 7.42. The Morgan fingerprint density at radius 2 is 1.82 bits per heavy atom. The van der Waals surface area contributed by atoms with Crippen molar-refractivity contribution < 1.29 is 19.8 Å². The fourth-order valence-corrected chi connectivity index (χ4v) is 4.68. The summed E-state index contributed by atoms with van der Waals surface area (Å²) in [6.07, 6.45) is 1.51. The maximum absolute atomic E-state index is 13.6. The van der Waals surface area contributed by atoms with Crippen LogP contribution in [0.15, 0.2) is 59.5 Å². The molecule has 0 spiro atoms. The van der Waals surface area contributed by atoms with E-state index in [0.717, 1.165) is 29.2 Å². The predicted octanol–water partition coefficient (Wildman–Crippen LogP) is 3.47. The van der Waals surface area contributed by atoms with E-state index in [-0.39, 0.29) is 27.2 Å². The Bertz CT molecular complexity index is 1500. The first-order chi connectivity index (χ1) is 18.3. The van der Waals surface area contributed by atoms with Gasteiger partial charge in [0.15, 0.2) is 5.65 Å². The second-order valence-corrected chi connectivity index (χ2v) is 9.74. The Hall–Kier alpha value is -3.41. The van der Waals surface area contributed by atoms with Gasteiger partial charge in [-0.2, -0.15) is 4.98 Å². The van der Waals surface area contributed by atoms with Gasteiger partial charge in [-0.25, -0.2) is 4.98 Å². The molecule has 1 aliphatic rings. The third-order valence-corrected chi connectivity index (χ3v) is 6.65. The van der Waals surface area contributed by atoms with Crippen LogP contribution in [0, 0.1) is 0 Å². The molecule has 1 atom stereocenters. The zero-order chi connectivity index (χ0) is 26.9. The zero-order valence-corrected chi connectivity index (χ0v) is 21.9. The van der Waals surface area contributed by atoms with Gasteiger partial charge in [-0.15, -0.1) is 4.73 Å². The maximum Gasteiger partial charge on any atom is 0.293 e. The first-order valence-corrected chi connectivity index (χ1v) is 12.6. The van der Waals surface area contributed by atoms with E-state index in [4.69, 9.17) is 32.8 Å². The van der Waals surface area contributed by atoms with E-state index in [1.807, 2.05) is 24.3 Å². The van der Waals surface area contributed by atoms with Crippen molar-refractivity contribution in [1.29, 1.82) is 0 Å². The number of morpholine rings is 1. The number of nitrogens with one attached hydrogen (secondary N) is 1. The molecule has 2 aromatic carbocycles. The molecular weight excluding hydrogens is 533 g/mol. The molecule has 0 saturated carbocycles. The molecule has 1 aliphatic heterocycles. The summed E-state index contributed by atoms with van der Waals surface area (Å²) in [5.41, 5.74) is 1.62. The molecule has 0 aliphatic carbocycles. The second-order valence-electron chi connectivity index (χ2n) is 8.92. The largest absolute Gasteiger partial charge is 0.389 e.